The molecule has 0 fully saturated rings. The number of benzene rings is 2. The van der Waals surface area contributed by atoms with Crippen LogP contribution in [0.2, 0.25) is 0 Å². The summed E-state index contributed by atoms with van der Waals surface area (Å²) in [5.41, 5.74) is -2.31. The van der Waals surface area contributed by atoms with Crippen molar-refractivity contribution in [3.8, 4) is 16.9 Å². The first-order valence-corrected chi connectivity index (χ1v) is 11.4. The number of carboxylic acids is 1. The van der Waals surface area contributed by atoms with Crippen molar-refractivity contribution in [1.82, 2.24) is 4.57 Å². The summed E-state index contributed by atoms with van der Waals surface area (Å²) in [5, 5.41) is 9.76. The van der Waals surface area contributed by atoms with E-state index in [0.717, 1.165) is 40.6 Å². The van der Waals surface area contributed by atoms with Crippen LogP contribution in [0, 0.1) is 12.7 Å². The van der Waals surface area contributed by atoms with Gasteiger partial charge in [-0.05, 0) is 47.9 Å². The lowest BCUT2D eigenvalue weighted by Gasteiger charge is -2.21. The van der Waals surface area contributed by atoms with Crippen LogP contribution in [0.5, 0.6) is 5.75 Å². The smallest absolute Gasteiger partial charge is 0.416 e. The number of rotatable bonds is 6. The number of halogens is 6. The number of nitrogens with zero attached hydrogens (tertiary/aromatic N) is 1. The van der Waals surface area contributed by atoms with Crippen LogP contribution in [0.1, 0.15) is 28.3 Å². The van der Waals surface area contributed by atoms with Gasteiger partial charge in [0.25, 0.3) is 5.56 Å². The fourth-order valence-electron chi connectivity index (χ4n) is 4.24. The van der Waals surface area contributed by atoms with E-state index in [1.165, 1.54) is 25.1 Å². The maximum Gasteiger partial charge on any atom is 0.416 e. The van der Waals surface area contributed by atoms with Gasteiger partial charge < -0.3 is 9.84 Å². The average Bonchev–Trinajstić information content (AvgIpc) is 3.22. The van der Waals surface area contributed by atoms with Crippen molar-refractivity contribution in [3.63, 3.8) is 0 Å². The van der Waals surface area contributed by atoms with Crippen molar-refractivity contribution in [2.24, 2.45) is 0 Å². The number of aliphatic carboxylic acids is 1. The maximum absolute atomic E-state index is 14.7. The molecule has 0 amide bonds. The Labute approximate surface area is 204 Å². The molecule has 2 aromatic carbocycles. The molecule has 1 atom stereocenters. The first-order chi connectivity index (χ1) is 16.9. The normalized spacial score (nSPS) is 15.3. The Balaban J connectivity index is 1.99. The zero-order valence-electron chi connectivity index (χ0n) is 18.4. The van der Waals surface area contributed by atoms with Crippen molar-refractivity contribution in [1.29, 1.82) is 0 Å². The van der Waals surface area contributed by atoms with E-state index in [4.69, 9.17) is 0 Å². The number of ether oxygens (including phenoxy) is 1. The minimum Gasteiger partial charge on any atom is -0.480 e. The second kappa shape index (κ2) is 9.57. The van der Waals surface area contributed by atoms with Crippen molar-refractivity contribution in [2.45, 2.75) is 37.2 Å². The van der Waals surface area contributed by atoms with E-state index in [0.29, 0.717) is 0 Å². The zero-order valence-corrected chi connectivity index (χ0v) is 19.2. The molecule has 12 heteroatoms. The van der Waals surface area contributed by atoms with Crippen LogP contribution in [0.3, 0.4) is 0 Å². The van der Waals surface area contributed by atoms with Crippen molar-refractivity contribution in [3.05, 3.63) is 80.9 Å². The number of pyridine rings is 1. The van der Waals surface area contributed by atoms with Gasteiger partial charge in [-0.25, -0.2) is 9.18 Å². The van der Waals surface area contributed by atoms with Crippen LogP contribution in [0.4, 0.5) is 26.3 Å². The molecule has 3 aromatic rings. The lowest BCUT2D eigenvalue weighted by molar-refractivity contribution is -0.140. The second-order valence-corrected chi connectivity index (χ2v) is 8.98. The third kappa shape index (κ3) is 4.69. The van der Waals surface area contributed by atoms with E-state index >= 15 is 0 Å². The van der Waals surface area contributed by atoms with Gasteiger partial charge in [-0.3, -0.25) is 9.36 Å². The standard InChI is InChI=1S/C24H17F6NO4S/c1-11-14(9-15-16(24(28,29)30)6-3-7-17(15)25)21-31(18(10-36-21)22(33)34)20(32)19(11)12-4-2-5-13(8-12)35-23(26)27/h2-8,18,23H,9-10H2,1H3,(H,33,34). The van der Waals surface area contributed by atoms with E-state index in [2.05, 4.69) is 4.74 Å². The largest absolute Gasteiger partial charge is 0.480 e. The summed E-state index contributed by atoms with van der Waals surface area (Å²) in [6, 6.07) is 6.35. The number of carboxylic acid groups (broad SMARTS) is 1. The quantitative estimate of drug-likeness (QED) is 0.403. The van der Waals surface area contributed by atoms with Gasteiger partial charge in [0.05, 0.1) is 16.2 Å². The first-order valence-electron chi connectivity index (χ1n) is 10.4. The SMILES string of the molecule is Cc1c(Cc2c(F)cccc2C(F)(F)F)c2n(c(=O)c1-c1cccc(OC(F)F)c1)C(C(=O)O)CS2. The Morgan fingerprint density at radius 2 is 1.89 bits per heavy atom. The number of carbonyl (C=O) groups is 1. The van der Waals surface area contributed by atoms with Crippen LogP contribution < -0.4 is 10.3 Å². The summed E-state index contributed by atoms with van der Waals surface area (Å²) in [6.07, 6.45) is -5.44. The molecule has 5 nitrogen and oxygen atoms in total. The number of hydrogen-bond donors (Lipinski definition) is 1. The molecule has 1 unspecified atom stereocenters. The average molecular weight is 529 g/mol. The van der Waals surface area contributed by atoms with Crippen molar-refractivity contribution >= 4 is 17.7 Å². The minimum atomic E-state index is -4.86. The van der Waals surface area contributed by atoms with Gasteiger partial charge in [0.1, 0.15) is 17.6 Å². The molecule has 1 aliphatic rings. The topological polar surface area (TPSA) is 68.5 Å². The third-order valence-electron chi connectivity index (χ3n) is 5.84. The molecule has 4 rings (SSSR count). The van der Waals surface area contributed by atoms with E-state index in [1.807, 2.05) is 0 Å². The highest BCUT2D eigenvalue weighted by molar-refractivity contribution is 7.99. The molecule has 36 heavy (non-hydrogen) atoms. The predicted octanol–water partition coefficient (Wildman–Crippen LogP) is 5.91. The number of fused-ring (bicyclic) bond motifs is 1. The highest BCUT2D eigenvalue weighted by Gasteiger charge is 2.37. The van der Waals surface area contributed by atoms with Gasteiger partial charge in [0.15, 0.2) is 0 Å². The van der Waals surface area contributed by atoms with Gasteiger partial charge >= 0.3 is 18.8 Å². The third-order valence-corrected chi connectivity index (χ3v) is 7.04. The lowest BCUT2D eigenvalue weighted by atomic mass is 9.92. The van der Waals surface area contributed by atoms with E-state index in [9.17, 15) is 41.0 Å². The van der Waals surface area contributed by atoms with Crippen molar-refractivity contribution < 1.29 is 41.0 Å². The van der Waals surface area contributed by atoms with Crippen LogP contribution >= 0.6 is 11.8 Å². The highest BCUT2D eigenvalue weighted by Crippen LogP contribution is 2.41. The molecule has 1 aliphatic heterocycles. The number of thioether (sulfide) groups is 1. The van der Waals surface area contributed by atoms with Crippen molar-refractivity contribution in [2.75, 3.05) is 5.75 Å². The maximum atomic E-state index is 14.7. The van der Waals surface area contributed by atoms with E-state index < -0.39 is 53.7 Å². The lowest BCUT2D eigenvalue weighted by Crippen LogP contribution is -2.31. The number of aromatic nitrogens is 1. The monoisotopic (exact) mass is 529 g/mol. The van der Waals surface area contributed by atoms with E-state index in [-0.39, 0.29) is 38.8 Å². The van der Waals surface area contributed by atoms with Crippen LogP contribution in [0.25, 0.3) is 11.1 Å². The fourth-order valence-corrected chi connectivity index (χ4v) is 5.60. The molecule has 190 valence electrons. The molecule has 0 saturated carbocycles. The van der Waals surface area contributed by atoms with Gasteiger partial charge in [0.2, 0.25) is 0 Å². The Bertz CT molecular complexity index is 1400. The van der Waals surface area contributed by atoms with Gasteiger partial charge in [-0.1, -0.05) is 18.2 Å². The molecule has 0 radical (unpaired) electrons. The Kier molecular flexibility index (Phi) is 6.82. The minimum absolute atomic E-state index is 0.0710. The Hall–Kier alpha value is -3.41. The zero-order chi connectivity index (χ0) is 26.4. The second-order valence-electron chi connectivity index (χ2n) is 7.97. The summed E-state index contributed by atoms with van der Waals surface area (Å²) in [5.74, 6) is -2.79. The highest BCUT2D eigenvalue weighted by atomic mass is 32.2. The summed E-state index contributed by atoms with van der Waals surface area (Å²) in [4.78, 5) is 25.3. The number of hydrogen-bond acceptors (Lipinski definition) is 4. The predicted molar refractivity (Wildman–Crippen MR) is 119 cm³/mol. The van der Waals surface area contributed by atoms with Gasteiger partial charge in [0, 0.05) is 17.7 Å². The Morgan fingerprint density at radius 3 is 2.53 bits per heavy atom. The summed E-state index contributed by atoms with van der Waals surface area (Å²) >= 11 is 0.968. The first kappa shape index (κ1) is 25.7. The molecule has 1 N–H and O–H groups in total. The summed E-state index contributed by atoms with van der Waals surface area (Å²) in [6.45, 7) is -1.70. The molecule has 0 bridgehead atoms. The van der Waals surface area contributed by atoms with Gasteiger partial charge in [-0.2, -0.15) is 22.0 Å². The van der Waals surface area contributed by atoms with Gasteiger partial charge in [-0.15, -0.1) is 11.8 Å². The van der Waals surface area contributed by atoms with Crippen LogP contribution in [-0.2, 0) is 17.4 Å². The fraction of sp³-hybridized carbons (Fsp3) is 0.250. The molecular weight excluding hydrogens is 512 g/mol. The molecule has 2 heterocycles. The van der Waals surface area contributed by atoms with Crippen LogP contribution in [-0.4, -0.2) is 28.0 Å². The number of alkyl halides is 5. The molecule has 1 aromatic heterocycles. The molecule has 0 saturated heterocycles. The Morgan fingerprint density at radius 1 is 1.19 bits per heavy atom. The molecule has 0 spiro atoms. The summed E-state index contributed by atoms with van der Waals surface area (Å²) in [7, 11) is 0. The van der Waals surface area contributed by atoms with Crippen LogP contribution in [0.15, 0.2) is 52.3 Å². The molecular formula is C24H17F6NO4S. The summed E-state index contributed by atoms with van der Waals surface area (Å²) < 4.78 is 86.4. The molecule has 0 aliphatic carbocycles. The van der Waals surface area contributed by atoms with E-state index in [1.54, 1.807) is 0 Å².